The molecule has 2 nitrogen and oxygen atoms in total. The lowest BCUT2D eigenvalue weighted by molar-refractivity contribution is 0.716. The van der Waals surface area contributed by atoms with Crippen molar-refractivity contribution in [2.75, 3.05) is 24.8 Å². The fourth-order valence-electron chi connectivity index (χ4n) is 1.45. The Morgan fingerprint density at radius 2 is 1.38 bits per heavy atom. The smallest absolute Gasteiger partial charge is 0.0348 e. The van der Waals surface area contributed by atoms with E-state index in [0.717, 1.165) is 26.2 Å². The van der Waals surface area contributed by atoms with Gasteiger partial charge in [-0.15, -0.1) is 23.2 Å². The molecule has 0 saturated carbocycles. The SMILES string of the molecule is ClCCNCc1cccc(CNCCCl)c1. The van der Waals surface area contributed by atoms with Crippen LogP contribution in [0.5, 0.6) is 0 Å². The zero-order valence-corrected chi connectivity index (χ0v) is 10.8. The monoisotopic (exact) mass is 260 g/mol. The third kappa shape index (κ3) is 5.71. The van der Waals surface area contributed by atoms with E-state index < -0.39 is 0 Å². The number of halogens is 2. The highest BCUT2D eigenvalue weighted by molar-refractivity contribution is 6.18. The summed E-state index contributed by atoms with van der Waals surface area (Å²) in [6.07, 6.45) is 0. The lowest BCUT2D eigenvalue weighted by atomic mass is 10.1. The maximum Gasteiger partial charge on any atom is 0.0348 e. The molecule has 0 heterocycles. The third-order valence-electron chi connectivity index (χ3n) is 2.19. The lowest BCUT2D eigenvalue weighted by Gasteiger charge is -2.06. The van der Waals surface area contributed by atoms with E-state index in [9.17, 15) is 0 Å². The van der Waals surface area contributed by atoms with Gasteiger partial charge in [0, 0.05) is 37.9 Å². The van der Waals surface area contributed by atoms with Crippen molar-refractivity contribution in [2.24, 2.45) is 0 Å². The summed E-state index contributed by atoms with van der Waals surface area (Å²) in [5.41, 5.74) is 2.57. The maximum absolute atomic E-state index is 5.60. The molecule has 0 aromatic heterocycles. The van der Waals surface area contributed by atoms with Gasteiger partial charge in [-0.25, -0.2) is 0 Å². The van der Waals surface area contributed by atoms with Gasteiger partial charge >= 0.3 is 0 Å². The van der Waals surface area contributed by atoms with E-state index in [-0.39, 0.29) is 0 Å². The number of hydrogen-bond donors (Lipinski definition) is 2. The molecular formula is C12H18Cl2N2. The number of hydrogen-bond acceptors (Lipinski definition) is 2. The van der Waals surface area contributed by atoms with E-state index in [4.69, 9.17) is 23.2 Å². The van der Waals surface area contributed by atoms with Crippen LogP contribution in [0.15, 0.2) is 24.3 Å². The largest absolute Gasteiger partial charge is 0.311 e. The maximum atomic E-state index is 5.60. The van der Waals surface area contributed by atoms with E-state index >= 15 is 0 Å². The number of rotatable bonds is 8. The van der Waals surface area contributed by atoms with Crippen molar-refractivity contribution in [3.8, 4) is 0 Å². The summed E-state index contributed by atoms with van der Waals surface area (Å²) in [4.78, 5) is 0. The van der Waals surface area contributed by atoms with Crippen LogP contribution in [0.25, 0.3) is 0 Å². The summed E-state index contributed by atoms with van der Waals surface area (Å²) in [5, 5.41) is 6.54. The molecule has 4 heteroatoms. The van der Waals surface area contributed by atoms with Crippen LogP contribution >= 0.6 is 23.2 Å². The van der Waals surface area contributed by atoms with Gasteiger partial charge < -0.3 is 10.6 Å². The van der Waals surface area contributed by atoms with Crippen LogP contribution in [0.2, 0.25) is 0 Å². The number of benzene rings is 1. The highest BCUT2D eigenvalue weighted by Crippen LogP contribution is 2.04. The topological polar surface area (TPSA) is 24.1 Å². The Labute approximate surface area is 107 Å². The second-order valence-electron chi connectivity index (χ2n) is 3.55. The van der Waals surface area contributed by atoms with E-state index in [1.165, 1.54) is 11.1 Å². The first-order valence-corrected chi connectivity index (χ1v) is 6.55. The molecule has 0 fully saturated rings. The molecule has 1 aromatic carbocycles. The normalized spacial score (nSPS) is 10.6. The molecule has 0 bridgehead atoms. The predicted octanol–water partition coefficient (Wildman–Crippen LogP) is 2.34. The van der Waals surface area contributed by atoms with Crippen molar-refractivity contribution in [3.05, 3.63) is 35.4 Å². The van der Waals surface area contributed by atoms with Crippen molar-refractivity contribution in [1.82, 2.24) is 10.6 Å². The Bertz CT molecular complexity index is 267. The van der Waals surface area contributed by atoms with Crippen LogP contribution in [0.3, 0.4) is 0 Å². The van der Waals surface area contributed by atoms with E-state index in [1.807, 2.05) is 0 Å². The standard InChI is InChI=1S/C12H18Cl2N2/c13-4-6-15-9-11-2-1-3-12(8-11)10-16-7-5-14/h1-3,8,15-16H,4-7,9-10H2. The Balaban J connectivity index is 2.37. The van der Waals surface area contributed by atoms with Crippen molar-refractivity contribution in [2.45, 2.75) is 13.1 Å². The van der Waals surface area contributed by atoms with Crippen LogP contribution in [0.4, 0.5) is 0 Å². The zero-order chi connectivity index (χ0) is 11.6. The van der Waals surface area contributed by atoms with Crippen LogP contribution in [0, 0.1) is 0 Å². The molecule has 0 aliphatic carbocycles. The highest BCUT2D eigenvalue weighted by atomic mass is 35.5. The second kappa shape index (κ2) is 8.82. The van der Waals surface area contributed by atoms with E-state index in [2.05, 4.69) is 34.9 Å². The summed E-state index contributed by atoms with van der Waals surface area (Å²) in [6, 6.07) is 8.51. The van der Waals surface area contributed by atoms with Gasteiger partial charge in [0.25, 0.3) is 0 Å². The van der Waals surface area contributed by atoms with Gasteiger partial charge in [0.2, 0.25) is 0 Å². The average Bonchev–Trinajstić information content (AvgIpc) is 2.30. The minimum absolute atomic E-state index is 0.650. The Morgan fingerprint density at radius 1 is 0.875 bits per heavy atom. The van der Waals surface area contributed by atoms with E-state index in [0.29, 0.717) is 11.8 Å². The van der Waals surface area contributed by atoms with Crippen LogP contribution in [-0.4, -0.2) is 24.8 Å². The summed E-state index contributed by atoms with van der Waals surface area (Å²) in [5.74, 6) is 1.30. The predicted molar refractivity (Wildman–Crippen MR) is 71.3 cm³/mol. The van der Waals surface area contributed by atoms with Gasteiger partial charge in [-0.1, -0.05) is 24.3 Å². The van der Waals surface area contributed by atoms with Crippen molar-refractivity contribution >= 4 is 23.2 Å². The minimum atomic E-state index is 0.650. The summed E-state index contributed by atoms with van der Waals surface area (Å²) < 4.78 is 0. The van der Waals surface area contributed by atoms with Gasteiger partial charge in [-0.05, 0) is 11.1 Å². The Morgan fingerprint density at radius 3 is 1.81 bits per heavy atom. The first kappa shape index (κ1) is 13.8. The number of nitrogens with one attached hydrogen (secondary N) is 2. The molecule has 90 valence electrons. The van der Waals surface area contributed by atoms with Crippen LogP contribution < -0.4 is 10.6 Å². The average molecular weight is 261 g/mol. The molecular weight excluding hydrogens is 243 g/mol. The molecule has 0 amide bonds. The molecule has 0 aliphatic rings. The molecule has 1 rings (SSSR count). The fourth-order valence-corrected chi connectivity index (χ4v) is 1.72. The zero-order valence-electron chi connectivity index (χ0n) is 9.31. The van der Waals surface area contributed by atoms with Gasteiger partial charge in [0.15, 0.2) is 0 Å². The minimum Gasteiger partial charge on any atom is -0.311 e. The first-order valence-electron chi connectivity index (χ1n) is 5.48. The Kier molecular flexibility index (Phi) is 7.60. The molecule has 16 heavy (non-hydrogen) atoms. The lowest BCUT2D eigenvalue weighted by Crippen LogP contribution is -2.17. The Hall–Kier alpha value is -0.280. The molecule has 0 atom stereocenters. The van der Waals surface area contributed by atoms with Crippen LogP contribution in [0.1, 0.15) is 11.1 Å². The summed E-state index contributed by atoms with van der Waals surface area (Å²) in [7, 11) is 0. The molecule has 0 aliphatic heterocycles. The van der Waals surface area contributed by atoms with Crippen LogP contribution in [-0.2, 0) is 13.1 Å². The first-order chi connectivity index (χ1) is 7.86. The molecule has 0 unspecified atom stereocenters. The van der Waals surface area contributed by atoms with Gasteiger partial charge in [0.05, 0.1) is 0 Å². The molecule has 1 aromatic rings. The van der Waals surface area contributed by atoms with Gasteiger partial charge in [-0.3, -0.25) is 0 Å². The molecule has 2 N–H and O–H groups in total. The molecule has 0 saturated heterocycles. The van der Waals surface area contributed by atoms with Crippen molar-refractivity contribution in [1.29, 1.82) is 0 Å². The fraction of sp³-hybridized carbons (Fsp3) is 0.500. The second-order valence-corrected chi connectivity index (χ2v) is 4.31. The van der Waals surface area contributed by atoms with Gasteiger partial charge in [0.1, 0.15) is 0 Å². The molecule has 0 spiro atoms. The van der Waals surface area contributed by atoms with Gasteiger partial charge in [-0.2, -0.15) is 0 Å². The van der Waals surface area contributed by atoms with Crippen molar-refractivity contribution in [3.63, 3.8) is 0 Å². The van der Waals surface area contributed by atoms with Crippen molar-refractivity contribution < 1.29 is 0 Å². The van der Waals surface area contributed by atoms with E-state index in [1.54, 1.807) is 0 Å². The number of alkyl halides is 2. The summed E-state index contributed by atoms with van der Waals surface area (Å²) in [6.45, 7) is 3.43. The summed E-state index contributed by atoms with van der Waals surface area (Å²) >= 11 is 11.2. The quantitative estimate of drug-likeness (QED) is 0.554. The molecule has 0 radical (unpaired) electrons. The highest BCUT2D eigenvalue weighted by Gasteiger charge is 1.95. The third-order valence-corrected chi connectivity index (χ3v) is 2.57.